The Balaban J connectivity index is 1.88. The van der Waals surface area contributed by atoms with E-state index in [1.165, 1.54) is 64.5 Å². The van der Waals surface area contributed by atoms with Crippen molar-refractivity contribution in [1.29, 1.82) is 0 Å². The predicted molar refractivity (Wildman–Crippen MR) is 74.3 cm³/mol. The Morgan fingerprint density at radius 3 is 2.59 bits per heavy atom. The van der Waals surface area contributed by atoms with Gasteiger partial charge < -0.3 is 10.2 Å². The van der Waals surface area contributed by atoms with Crippen molar-refractivity contribution in [2.24, 2.45) is 5.92 Å². The monoisotopic (exact) mass is 238 g/mol. The van der Waals surface area contributed by atoms with Gasteiger partial charge in [-0.1, -0.05) is 25.7 Å². The average molecular weight is 238 g/mol. The average Bonchev–Trinajstić information content (AvgIpc) is 2.56. The molecule has 3 unspecified atom stereocenters. The third-order valence-electron chi connectivity index (χ3n) is 4.94. The van der Waals surface area contributed by atoms with Gasteiger partial charge in [-0.05, 0) is 52.1 Å². The molecule has 2 rings (SSSR count). The van der Waals surface area contributed by atoms with Crippen LogP contribution >= 0.6 is 0 Å². The van der Waals surface area contributed by atoms with E-state index in [0.29, 0.717) is 0 Å². The van der Waals surface area contributed by atoms with E-state index >= 15 is 0 Å². The van der Waals surface area contributed by atoms with E-state index in [9.17, 15) is 0 Å². The van der Waals surface area contributed by atoms with Crippen LogP contribution in [0.2, 0.25) is 0 Å². The molecule has 0 aromatic carbocycles. The molecule has 0 aromatic heterocycles. The molecule has 1 heterocycles. The van der Waals surface area contributed by atoms with Gasteiger partial charge in [0.2, 0.25) is 0 Å². The Morgan fingerprint density at radius 1 is 1.00 bits per heavy atom. The van der Waals surface area contributed by atoms with Crippen molar-refractivity contribution < 1.29 is 0 Å². The molecule has 3 atom stereocenters. The molecule has 2 nitrogen and oxygen atoms in total. The molecule has 1 saturated carbocycles. The molecule has 17 heavy (non-hydrogen) atoms. The van der Waals surface area contributed by atoms with E-state index in [1.807, 2.05) is 0 Å². The molecule has 0 spiro atoms. The lowest BCUT2D eigenvalue weighted by Crippen LogP contribution is -2.45. The van der Waals surface area contributed by atoms with Gasteiger partial charge in [-0.25, -0.2) is 0 Å². The van der Waals surface area contributed by atoms with Crippen LogP contribution in [-0.2, 0) is 0 Å². The summed E-state index contributed by atoms with van der Waals surface area (Å²) in [5.74, 6) is 0.897. The van der Waals surface area contributed by atoms with E-state index in [4.69, 9.17) is 0 Å². The van der Waals surface area contributed by atoms with Crippen molar-refractivity contribution in [2.45, 2.75) is 70.4 Å². The van der Waals surface area contributed by atoms with Crippen molar-refractivity contribution in [2.75, 3.05) is 20.1 Å². The number of nitrogens with one attached hydrogen (secondary N) is 1. The van der Waals surface area contributed by atoms with Crippen LogP contribution in [0.5, 0.6) is 0 Å². The summed E-state index contributed by atoms with van der Waals surface area (Å²) >= 11 is 0. The first-order chi connectivity index (χ1) is 8.31. The van der Waals surface area contributed by atoms with Crippen molar-refractivity contribution in [3.05, 3.63) is 0 Å². The molecular formula is C15H30N2. The second kappa shape index (κ2) is 6.75. The maximum Gasteiger partial charge on any atom is 0.0104 e. The molecule has 0 radical (unpaired) electrons. The van der Waals surface area contributed by atoms with Gasteiger partial charge in [0.1, 0.15) is 0 Å². The highest BCUT2D eigenvalue weighted by atomic mass is 15.2. The SMILES string of the molecule is CNC1CCCCC1CN1CCCCCC1C. The highest BCUT2D eigenvalue weighted by Gasteiger charge is 2.27. The van der Waals surface area contributed by atoms with Gasteiger partial charge in [-0.2, -0.15) is 0 Å². The first-order valence-electron chi connectivity index (χ1n) is 7.72. The van der Waals surface area contributed by atoms with E-state index in [2.05, 4.69) is 24.2 Å². The normalized spacial score (nSPS) is 36.7. The topological polar surface area (TPSA) is 15.3 Å². The zero-order chi connectivity index (χ0) is 12.1. The van der Waals surface area contributed by atoms with Gasteiger partial charge in [0.25, 0.3) is 0 Å². The van der Waals surface area contributed by atoms with Crippen LogP contribution in [0.3, 0.4) is 0 Å². The Bertz CT molecular complexity index is 217. The Kier molecular flexibility index (Phi) is 5.30. The summed E-state index contributed by atoms with van der Waals surface area (Å²) in [6, 6.07) is 1.59. The second-order valence-electron chi connectivity index (χ2n) is 6.13. The summed E-state index contributed by atoms with van der Waals surface area (Å²) in [5.41, 5.74) is 0. The zero-order valence-electron chi connectivity index (χ0n) is 11.8. The first-order valence-corrected chi connectivity index (χ1v) is 7.72. The Labute approximate surface area is 107 Å². The fraction of sp³-hybridized carbons (Fsp3) is 1.00. The maximum atomic E-state index is 3.55. The zero-order valence-corrected chi connectivity index (χ0v) is 11.8. The molecule has 2 heteroatoms. The van der Waals surface area contributed by atoms with Crippen molar-refractivity contribution in [3.63, 3.8) is 0 Å². The smallest absolute Gasteiger partial charge is 0.0104 e. The lowest BCUT2D eigenvalue weighted by atomic mass is 9.84. The molecule has 1 saturated heterocycles. The molecular weight excluding hydrogens is 208 g/mol. The summed E-state index contributed by atoms with van der Waals surface area (Å²) in [4.78, 5) is 2.77. The molecule has 1 N–H and O–H groups in total. The predicted octanol–water partition coefficient (Wildman–Crippen LogP) is 3.03. The third kappa shape index (κ3) is 3.69. The minimum Gasteiger partial charge on any atom is -0.317 e. The molecule has 2 aliphatic rings. The molecule has 1 aliphatic heterocycles. The van der Waals surface area contributed by atoms with Gasteiger partial charge >= 0.3 is 0 Å². The van der Waals surface area contributed by atoms with Crippen molar-refractivity contribution in [3.8, 4) is 0 Å². The molecule has 0 amide bonds. The van der Waals surface area contributed by atoms with Gasteiger partial charge in [-0.3, -0.25) is 0 Å². The summed E-state index contributed by atoms with van der Waals surface area (Å²) < 4.78 is 0. The highest BCUT2D eigenvalue weighted by Crippen LogP contribution is 2.27. The fourth-order valence-corrected chi connectivity index (χ4v) is 3.71. The summed E-state index contributed by atoms with van der Waals surface area (Å²) in [6.07, 6.45) is 11.4. The van der Waals surface area contributed by atoms with Crippen LogP contribution < -0.4 is 5.32 Å². The fourth-order valence-electron chi connectivity index (χ4n) is 3.71. The van der Waals surface area contributed by atoms with Crippen LogP contribution in [0.1, 0.15) is 58.3 Å². The van der Waals surface area contributed by atoms with Crippen LogP contribution in [0.4, 0.5) is 0 Å². The van der Waals surface area contributed by atoms with Gasteiger partial charge in [0, 0.05) is 18.6 Å². The number of nitrogens with zero attached hydrogens (tertiary/aromatic N) is 1. The Hall–Kier alpha value is -0.0800. The number of rotatable bonds is 3. The lowest BCUT2D eigenvalue weighted by molar-refractivity contribution is 0.140. The summed E-state index contributed by atoms with van der Waals surface area (Å²) in [5, 5.41) is 3.55. The van der Waals surface area contributed by atoms with Crippen molar-refractivity contribution in [1.82, 2.24) is 10.2 Å². The number of hydrogen-bond donors (Lipinski definition) is 1. The van der Waals surface area contributed by atoms with Crippen LogP contribution in [0, 0.1) is 5.92 Å². The van der Waals surface area contributed by atoms with Gasteiger partial charge in [0.15, 0.2) is 0 Å². The van der Waals surface area contributed by atoms with Crippen LogP contribution in [0.15, 0.2) is 0 Å². The summed E-state index contributed by atoms with van der Waals surface area (Å²) in [7, 11) is 2.15. The Morgan fingerprint density at radius 2 is 1.76 bits per heavy atom. The second-order valence-corrected chi connectivity index (χ2v) is 6.13. The minimum atomic E-state index is 0.777. The maximum absolute atomic E-state index is 3.55. The largest absolute Gasteiger partial charge is 0.317 e. The van der Waals surface area contributed by atoms with E-state index in [1.54, 1.807) is 0 Å². The van der Waals surface area contributed by atoms with Crippen LogP contribution in [-0.4, -0.2) is 37.1 Å². The quantitative estimate of drug-likeness (QED) is 0.813. The number of likely N-dealkylation sites (tertiary alicyclic amines) is 1. The van der Waals surface area contributed by atoms with E-state index < -0.39 is 0 Å². The van der Waals surface area contributed by atoms with Gasteiger partial charge in [0.05, 0.1) is 0 Å². The molecule has 2 fully saturated rings. The lowest BCUT2D eigenvalue weighted by Gasteiger charge is -2.37. The number of hydrogen-bond acceptors (Lipinski definition) is 2. The van der Waals surface area contributed by atoms with E-state index in [0.717, 1.165) is 18.0 Å². The first kappa shape index (κ1) is 13.4. The minimum absolute atomic E-state index is 0.777. The molecule has 0 bridgehead atoms. The van der Waals surface area contributed by atoms with Gasteiger partial charge in [-0.15, -0.1) is 0 Å². The summed E-state index contributed by atoms with van der Waals surface area (Å²) in [6.45, 7) is 5.11. The van der Waals surface area contributed by atoms with Crippen molar-refractivity contribution >= 4 is 0 Å². The molecule has 1 aliphatic carbocycles. The highest BCUT2D eigenvalue weighted by molar-refractivity contribution is 4.84. The standard InChI is InChI=1S/C15H30N2/c1-13-8-4-3-7-11-17(13)12-14-9-5-6-10-15(14)16-2/h13-16H,3-12H2,1-2H3. The molecule has 100 valence electrons. The van der Waals surface area contributed by atoms with E-state index in [-0.39, 0.29) is 0 Å². The third-order valence-corrected chi connectivity index (χ3v) is 4.94. The van der Waals surface area contributed by atoms with Crippen LogP contribution in [0.25, 0.3) is 0 Å². The molecule has 0 aromatic rings.